The molecule has 0 aromatic heterocycles. The molecule has 0 bridgehead atoms. The Labute approximate surface area is 189 Å². The summed E-state index contributed by atoms with van der Waals surface area (Å²) < 4.78 is 5.39. The fraction of sp³-hybridized carbons (Fsp3) is 0.417. The lowest BCUT2D eigenvalue weighted by atomic mass is 9.65. The molecule has 3 aliphatic carbocycles. The number of amides is 1. The molecule has 1 amide bonds. The SMILES string of the molecule is NC(=O)C1=C(O)C2=C(O)C3=C(O)c4c(O)cccc4C[C@H]3C[C@H]2[C@@H](NC2CCOCC2)C1=O. The summed E-state index contributed by atoms with van der Waals surface area (Å²) in [5, 5.41) is 46.7. The maximum atomic E-state index is 13.3. The molecular weight excluding hydrogens is 428 g/mol. The molecule has 0 saturated carbocycles. The summed E-state index contributed by atoms with van der Waals surface area (Å²) >= 11 is 0. The standard InChI is InChI=1S/C24H26N2O7/c25-24(32)18-22(30)17-13(19(23(18)31)26-12-4-6-33-7-5-12)9-11-8-10-2-1-3-14(27)15(10)20(28)16(11)21(17)29/h1-3,11-13,19,26-30H,4-9H2,(H2,25,32)/t11-,13+,19+/m0/s1. The Morgan fingerprint density at radius 3 is 2.45 bits per heavy atom. The van der Waals surface area contributed by atoms with E-state index in [9.17, 15) is 30.0 Å². The number of aliphatic hydroxyl groups excluding tert-OH is 3. The van der Waals surface area contributed by atoms with Gasteiger partial charge in [-0.3, -0.25) is 9.59 Å². The fourth-order valence-corrected chi connectivity index (χ4v) is 5.71. The third-order valence-electron chi connectivity index (χ3n) is 7.22. The van der Waals surface area contributed by atoms with E-state index in [-0.39, 0.29) is 45.9 Å². The van der Waals surface area contributed by atoms with Crippen LogP contribution in [0.4, 0.5) is 0 Å². The zero-order valence-corrected chi connectivity index (χ0v) is 17.9. The number of hydrogen-bond donors (Lipinski definition) is 6. The number of ketones is 1. The molecule has 5 rings (SSSR count). The number of rotatable bonds is 3. The molecule has 1 heterocycles. The van der Waals surface area contributed by atoms with Crippen LogP contribution < -0.4 is 11.1 Å². The number of aliphatic hydroxyl groups is 3. The zero-order chi connectivity index (χ0) is 23.4. The molecule has 0 unspecified atom stereocenters. The van der Waals surface area contributed by atoms with Crippen LogP contribution in [0.3, 0.4) is 0 Å². The van der Waals surface area contributed by atoms with Crippen LogP contribution >= 0.6 is 0 Å². The molecule has 174 valence electrons. The number of allylic oxidation sites excluding steroid dienone is 2. The third-order valence-corrected chi connectivity index (χ3v) is 7.22. The van der Waals surface area contributed by atoms with E-state index >= 15 is 0 Å². The first-order valence-corrected chi connectivity index (χ1v) is 11.1. The molecule has 33 heavy (non-hydrogen) atoms. The second-order valence-electron chi connectivity index (χ2n) is 9.06. The smallest absolute Gasteiger partial charge is 0.256 e. The number of aromatic hydroxyl groups is 1. The van der Waals surface area contributed by atoms with Crippen molar-refractivity contribution in [2.75, 3.05) is 13.2 Å². The number of fused-ring (bicyclic) bond motifs is 3. The topological polar surface area (TPSA) is 162 Å². The van der Waals surface area contributed by atoms with Gasteiger partial charge in [-0.1, -0.05) is 12.1 Å². The number of phenolic OH excluding ortho intramolecular Hbond substituents is 1. The van der Waals surface area contributed by atoms with Gasteiger partial charge in [0, 0.05) is 36.3 Å². The Bertz CT molecular complexity index is 1140. The van der Waals surface area contributed by atoms with Gasteiger partial charge < -0.3 is 36.2 Å². The van der Waals surface area contributed by atoms with E-state index in [1.54, 1.807) is 12.1 Å². The average molecular weight is 454 g/mol. The van der Waals surface area contributed by atoms with Gasteiger partial charge in [0.05, 0.1) is 11.6 Å². The molecule has 0 spiro atoms. The highest BCUT2D eigenvalue weighted by Crippen LogP contribution is 2.51. The van der Waals surface area contributed by atoms with Crippen LogP contribution in [0.1, 0.15) is 30.4 Å². The monoisotopic (exact) mass is 454 g/mol. The van der Waals surface area contributed by atoms with Gasteiger partial charge in [-0.15, -0.1) is 0 Å². The number of hydrogen-bond acceptors (Lipinski definition) is 8. The highest BCUT2D eigenvalue weighted by Gasteiger charge is 2.50. The maximum Gasteiger partial charge on any atom is 0.256 e. The van der Waals surface area contributed by atoms with Crippen molar-refractivity contribution in [3.8, 4) is 5.75 Å². The Balaban J connectivity index is 1.66. The van der Waals surface area contributed by atoms with Crippen molar-refractivity contribution in [3.63, 3.8) is 0 Å². The van der Waals surface area contributed by atoms with Crippen LogP contribution in [-0.2, 0) is 20.7 Å². The summed E-state index contributed by atoms with van der Waals surface area (Å²) in [6.07, 6.45) is 2.15. The van der Waals surface area contributed by atoms with Gasteiger partial charge >= 0.3 is 0 Å². The van der Waals surface area contributed by atoms with Crippen LogP contribution in [0.5, 0.6) is 5.75 Å². The van der Waals surface area contributed by atoms with E-state index in [4.69, 9.17) is 10.5 Å². The Morgan fingerprint density at radius 1 is 1.03 bits per heavy atom. The molecule has 9 nitrogen and oxygen atoms in total. The number of nitrogens with two attached hydrogens (primary N) is 1. The average Bonchev–Trinajstić information content (AvgIpc) is 2.76. The van der Waals surface area contributed by atoms with Gasteiger partial charge in [0.1, 0.15) is 28.6 Å². The van der Waals surface area contributed by atoms with E-state index in [1.807, 2.05) is 0 Å². The zero-order valence-electron chi connectivity index (χ0n) is 17.9. The minimum absolute atomic E-state index is 0.0182. The van der Waals surface area contributed by atoms with Crippen molar-refractivity contribution < 1.29 is 34.8 Å². The lowest BCUT2D eigenvalue weighted by molar-refractivity contribution is -0.124. The number of primary amides is 1. The summed E-state index contributed by atoms with van der Waals surface area (Å²) in [7, 11) is 0. The molecule has 1 aliphatic heterocycles. The second-order valence-corrected chi connectivity index (χ2v) is 9.06. The quantitative estimate of drug-likeness (QED) is 0.376. The first-order chi connectivity index (χ1) is 15.8. The minimum atomic E-state index is -1.08. The molecule has 4 aliphatic rings. The van der Waals surface area contributed by atoms with Gasteiger partial charge in [-0.25, -0.2) is 0 Å². The van der Waals surface area contributed by atoms with Gasteiger partial charge in [0.15, 0.2) is 5.78 Å². The van der Waals surface area contributed by atoms with Crippen LogP contribution in [0, 0.1) is 11.8 Å². The van der Waals surface area contributed by atoms with Crippen LogP contribution in [-0.4, -0.2) is 57.4 Å². The second kappa shape index (κ2) is 7.93. The summed E-state index contributed by atoms with van der Waals surface area (Å²) in [5.41, 5.74) is 6.03. The largest absolute Gasteiger partial charge is 0.507 e. The first-order valence-electron chi connectivity index (χ1n) is 11.1. The normalized spacial score (nSPS) is 27.9. The molecule has 1 aromatic rings. The van der Waals surface area contributed by atoms with Crippen molar-refractivity contribution in [2.45, 2.75) is 37.8 Å². The van der Waals surface area contributed by atoms with Gasteiger partial charge in [0.2, 0.25) is 0 Å². The molecule has 0 radical (unpaired) electrons. The third kappa shape index (κ3) is 3.30. The van der Waals surface area contributed by atoms with Crippen LogP contribution in [0.2, 0.25) is 0 Å². The Hall–Kier alpha value is -3.30. The number of nitrogens with one attached hydrogen (secondary N) is 1. The number of carbonyl (C=O) groups excluding carboxylic acids is 2. The van der Waals surface area contributed by atoms with E-state index in [0.717, 1.165) is 5.56 Å². The molecular formula is C24H26N2O7. The lowest BCUT2D eigenvalue weighted by Crippen LogP contribution is -2.55. The maximum absolute atomic E-state index is 13.3. The van der Waals surface area contributed by atoms with Gasteiger partial charge in [-0.05, 0) is 43.2 Å². The van der Waals surface area contributed by atoms with Crippen molar-refractivity contribution in [1.29, 1.82) is 0 Å². The molecule has 7 N–H and O–H groups in total. The highest BCUT2D eigenvalue weighted by molar-refractivity contribution is 6.22. The van der Waals surface area contributed by atoms with E-state index in [1.165, 1.54) is 6.07 Å². The number of phenols is 1. The van der Waals surface area contributed by atoms with Gasteiger partial charge in [0.25, 0.3) is 5.91 Å². The Morgan fingerprint density at radius 2 is 1.76 bits per heavy atom. The summed E-state index contributed by atoms with van der Waals surface area (Å²) in [4.78, 5) is 25.4. The number of carbonyl (C=O) groups is 2. The van der Waals surface area contributed by atoms with Gasteiger partial charge in [-0.2, -0.15) is 0 Å². The molecule has 1 fully saturated rings. The summed E-state index contributed by atoms with van der Waals surface area (Å²) in [6, 6.07) is 4.04. The van der Waals surface area contributed by atoms with Crippen molar-refractivity contribution in [1.82, 2.24) is 5.32 Å². The molecule has 3 atom stereocenters. The van der Waals surface area contributed by atoms with Crippen LogP contribution in [0.15, 0.2) is 46.4 Å². The number of benzene rings is 1. The van der Waals surface area contributed by atoms with E-state index < -0.39 is 35.0 Å². The lowest BCUT2D eigenvalue weighted by Gasteiger charge is -2.43. The molecule has 1 saturated heterocycles. The highest BCUT2D eigenvalue weighted by atomic mass is 16.5. The predicted molar refractivity (Wildman–Crippen MR) is 117 cm³/mol. The minimum Gasteiger partial charge on any atom is -0.507 e. The van der Waals surface area contributed by atoms with E-state index in [0.29, 0.717) is 38.9 Å². The number of ether oxygens (including phenoxy) is 1. The van der Waals surface area contributed by atoms with E-state index in [2.05, 4.69) is 5.32 Å². The fourth-order valence-electron chi connectivity index (χ4n) is 5.71. The predicted octanol–water partition coefficient (Wildman–Crippen LogP) is 1.68. The number of Topliss-reactive ketones (excluding diaryl/α,β-unsaturated/α-hetero) is 1. The van der Waals surface area contributed by atoms with Crippen molar-refractivity contribution in [3.05, 3.63) is 57.6 Å². The van der Waals surface area contributed by atoms with Crippen molar-refractivity contribution >= 4 is 17.4 Å². The molecule has 1 aromatic carbocycles. The van der Waals surface area contributed by atoms with Crippen molar-refractivity contribution in [2.24, 2.45) is 17.6 Å². The first kappa shape index (κ1) is 21.5. The summed E-state index contributed by atoms with van der Waals surface area (Å²) in [6.45, 7) is 1.09. The van der Waals surface area contributed by atoms with Crippen LogP contribution in [0.25, 0.3) is 5.76 Å². The molecule has 9 heteroatoms. The summed E-state index contributed by atoms with van der Waals surface area (Å²) in [5.74, 6) is -4.08. The Kier molecular flexibility index (Phi) is 5.18.